The van der Waals surface area contributed by atoms with Gasteiger partial charge in [0.15, 0.2) is 0 Å². The van der Waals surface area contributed by atoms with Crippen LogP contribution in [0.3, 0.4) is 0 Å². The van der Waals surface area contributed by atoms with Crippen LogP contribution in [0.15, 0.2) is 30.6 Å². The summed E-state index contributed by atoms with van der Waals surface area (Å²) in [6.07, 6.45) is 3.55. The van der Waals surface area contributed by atoms with Gasteiger partial charge in [0.1, 0.15) is 6.04 Å². The Morgan fingerprint density at radius 1 is 1.33 bits per heavy atom. The number of anilines is 2. The molecule has 1 aliphatic heterocycles. The molecule has 1 atom stereocenters. The summed E-state index contributed by atoms with van der Waals surface area (Å²) in [5.74, 6) is -0.0545. The van der Waals surface area contributed by atoms with E-state index >= 15 is 0 Å². The molecule has 3 rings (SSSR count). The van der Waals surface area contributed by atoms with Gasteiger partial charge in [0, 0.05) is 18.8 Å². The van der Waals surface area contributed by atoms with E-state index in [9.17, 15) is 4.79 Å². The maximum atomic E-state index is 12.1. The maximum Gasteiger partial charge on any atom is 0.251 e. The molecular weight excluding hydrogens is 228 g/mol. The summed E-state index contributed by atoms with van der Waals surface area (Å²) >= 11 is 0. The van der Waals surface area contributed by atoms with E-state index < -0.39 is 0 Å². The Bertz CT molecular complexity index is 617. The molecule has 18 heavy (non-hydrogen) atoms. The Labute approximate surface area is 105 Å². The third-order valence-corrected chi connectivity index (χ3v) is 3.05. The molecule has 1 aromatic heterocycles. The lowest BCUT2D eigenvalue weighted by Gasteiger charge is -2.26. The number of rotatable bonds is 1. The SMILES string of the molecule is Cc1ccc2c(c1)NC(=O)C(c1cnn(C)c1)N2. The zero-order valence-corrected chi connectivity index (χ0v) is 10.3. The van der Waals surface area contributed by atoms with Crippen molar-refractivity contribution in [3.8, 4) is 0 Å². The van der Waals surface area contributed by atoms with E-state index in [1.807, 2.05) is 38.4 Å². The van der Waals surface area contributed by atoms with Crippen LogP contribution in [0.5, 0.6) is 0 Å². The number of aromatic nitrogens is 2. The van der Waals surface area contributed by atoms with Crippen LogP contribution >= 0.6 is 0 Å². The number of fused-ring (bicyclic) bond motifs is 1. The number of amides is 1. The van der Waals surface area contributed by atoms with Gasteiger partial charge in [0.05, 0.1) is 17.6 Å². The molecule has 0 radical (unpaired) electrons. The molecule has 0 aliphatic carbocycles. The third-order valence-electron chi connectivity index (χ3n) is 3.05. The predicted octanol–water partition coefficient (Wildman–Crippen LogP) is 1.83. The molecule has 1 unspecified atom stereocenters. The molecular formula is C13H14N4O. The normalized spacial score (nSPS) is 17.9. The second kappa shape index (κ2) is 3.87. The van der Waals surface area contributed by atoms with Crippen molar-refractivity contribution in [2.75, 3.05) is 10.6 Å². The molecule has 0 spiro atoms. The van der Waals surface area contributed by atoms with E-state index in [2.05, 4.69) is 15.7 Å². The van der Waals surface area contributed by atoms with Gasteiger partial charge in [0.2, 0.25) is 0 Å². The van der Waals surface area contributed by atoms with Crippen molar-refractivity contribution in [1.29, 1.82) is 0 Å². The van der Waals surface area contributed by atoms with Crippen molar-refractivity contribution in [1.82, 2.24) is 9.78 Å². The van der Waals surface area contributed by atoms with Gasteiger partial charge in [-0.1, -0.05) is 6.07 Å². The van der Waals surface area contributed by atoms with E-state index in [-0.39, 0.29) is 11.9 Å². The summed E-state index contributed by atoms with van der Waals surface area (Å²) in [5.41, 5.74) is 3.76. The van der Waals surface area contributed by atoms with Crippen LogP contribution in [0.25, 0.3) is 0 Å². The molecule has 0 saturated heterocycles. The van der Waals surface area contributed by atoms with Crippen LogP contribution < -0.4 is 10.6 Å². The fourth-order valence-corrected chi connectivity index (χ4v) is 2.14. The quantitative estimate of drug-likeness (QED) is 0.802. The molecule has 0 fully saturated rings. The largest absolute Gasteiger partial charge is 0.368 e. The molecule has 1 aliphatic rings. The number of benzene rings is 1. The molecule has 92 valence electrons. The van der Waals surface area contributed by atoms with Crippen LogP contribution in [0.1, 0.15) is 17.2 Å². The average molecular weight is 242 g/mol. The Hall–Kier alpha value is -2.30. The highest BCUT2D eigenvalue weighted by molar-refractivity contribution is 6.03. The average Bonchev–Trinajstić information content (AvgIpc) is 2.74. The lowest BCUT2D eigenvalue weighted by Crippen LogP contribution is -2.31. The highest BCUT2D eigenvalue weighted by atomic mass is 16.2. The van der Waals surface area contributed by atoms with Crippen molar-refractivity contribution < 1.29 is 4.79 Å². The van der Waals surface area contributed by atoms with Crippen LogP contribution in [0, 0.1) is 6.92 Å². The number of carbonyl (C=O) groups is 1. The molecule has 0 saturated carbocycles. The summed E-state index contributed by atoms with van der Waals surface area (Å²) in [4.78, 5) is 12.1. The molecule has 5 heteroatoms. The van der Waals surface area contributed by atoms with Gasteiger partial charge >= 0.3 is 0 Å². The second-order valence-electron chi connectivity index (χ2n) is 4.56. The molecule has 1 aromatic carbocycles. The molecule has 2 aromatic rings. The monoisotopic (exact) mass is 242 g/mol. The van der Waals surface area contributed by atoms with E-state index in [4.69, 9.17) is 0 Å². The van der Waals surface area contributed by atoms with Crippen molar-refractivity contribution >= 4 is 17.3 Å². The number of carbonyl (C=O) groups excluding carboxylic acids is 1. The van der Waals surface area contributed by atoms with Crippen molar-refractivity contribution in [2.45, 2.75) is 13.0 Å². The smallest absolute Gasteiger partial charge is 0.251 e. The van der Waals surface area contributed by atoms with Crippen molar-refractivity contribution in [3.05, 3.63) is 41.7 Å². The minimum absolute atomic E-state index is 0.0545. The van der Waals surface area contributed by atoms with E-state index in [1.54, 1.807) is 10.9 Å². The Morgan fingerprint density at radius 2 is 2.17 bits per heavy atom. The zero-order chi connectivity index (χ0) is 12.7. The summed E-state index contributed by atoms with van der Waals surface area (Å²) in [5, 5.41) is 10.3. The fourth-order valence-electron chi connectivity index (χ4n) is 2.14. The standard InChI is InChI=1S/C13H14N4O/c1-8-3-4-10-11(5-8)16-13(18)12(15-10)9-6-14-17(2)7-9/h3-7,12,15H,1-2H3,(H,16,18). The first-order valence-corrected chi connectivity index (χ1v) is 5.80. The van der Waals surface area contributed by atoms with Gasteiger partial charge in [-0.25, -0.2) is 0 Å². The summed E-state index contributed by atoms with van der Waals surface area (Å²) in [7, 11) is 1.83. The second-order valence-corrected chi connectivity index (χ2v) is 4.56. The first kappa shape index (κ1) is 10.8. The highest BCUT2D eigenvalue weighted by Crippen LogP contribution is 2.32. The third kappa shape index (κ3) is 1.73. The van der Waals surface area contributed by atoms with Gasteiger partial charge in [-0.2, -0.15) is 5.10 Å². The molecule has 2 N–H and O–H groups in total. The topological polar surface area (TPSA) is 59.0 Å². The number of nitrogens with zero attached hydrogens (tertiary/aromatic N) is 2. The first-order valence-electron chi connectivity index (χ1n) is 5.80. The highest BCUT2D eigenvalue weighted by Gasteiger charge is 2.27. The Balaban J connectivity index is 1.97. The lowest BCUT2D eigenvalue weighted by molar-refractivity contribution is -0.117. The van der Waals surface area contributed by atoms with Crippen molar-refractivity contribution in [2.24, 2.45) is 7.05 Å². The Kier molecular flexibility index (Phi) is 2.33. The Morgan fingerprint density at radius 3 is 2.89 bits per heavy atom. The van der Waals surface area contributed by atoms with Crippen LogP contribution in [-0.2, 0) is 11.8 Å². The van der Waals surface area contributed by atoms with E-state index in [0.29, 0.717) is 0 Å². The minimum Gasteiger partial charge on any atom is -0.368 e. The van der Waals surface area contributed by atoms with Gasteiger partial charge < -0.3 is 10.6 Å². The van der Waals surface area contributed by atoms with Gasteiger partial charge in [-0.3, -0.25) is 9.48 Å². The van der Waals surface area contributed by atoms with Gasteiger partial charge in [0.25, 0.3) is 5.91 Å². The lowest BCUT2D eigenvalue weighted by atomic mass is 10.1. The summed E-state index contributed by atoms with van der Waals surface area (Å²) < 4.78 is 1.69. The van der Waals surface area contributed by atoms with E-state index in [1.165, 1.54) is 0 Å². The van der Waals surface area contributed by atoms with Gasteiger partial charge in [-0.15, -0.1) is 0 Å². The minimum atomic E-state index is -0.381. The number of hydrogen-bond acceptors (Lipinski definition) is 3. The predicted molar refractivity (Wildman–Crippen MR) is 69.4 cm³/mol. The van der Waals surface area contributed by atoms with Crippen LogP contribution in [-0.4, -0.2) is 15.7 Å². The fraction of sp³-hybridized carbons (Fsp3) is 0.231. The summed E-state index contributed by atoms with van der Waals surface area (Å²) in [6, 6.07) is 5.57. The maximum absolute atomic E-state index is 12.1. The van der Waals surface area contributed by atoms with Crippen LogP contribution in [0.4, 0.5) is 11.4 Å². The first-order chi connectivity index (χ1) is 8.63. The molecule has 0 bridgehead atoms. The van der Waals surface area contributed by atoms with E-state index in [0.717, 1.165) is 22.5 Å². The number of hydrogen-bond donors (Lipinski definition) is 2. The van der Waals surface area contributed by atoms with Gasteiger partial charge in [-0.05, 0) is 24.6 Å². The molecule has 2 heterocycles. The zero-order valence-electron chi connectivity index (χ0n) is 10.3. The number of nitrogens with one attached hydrogen (secondary N) is 2. The summed E-state index contributed by atoms with van der Waals surface area (Å²) in [6.45, 7) is 2.00. The van der Waals surface area contributed by atoms with Crippen LogP contribution in [0.2, 0.25) is 0 Å². The number of aryl methyl sites for hydroxylation is 2. The van der Waals surface area contributed by atoms with Crippen molar-refractivity contribution in [3.63, 3.8) is 0 Å². The molecule has 1 amide bonds. The molecule has 5 nitrogen and oxygen atoms in total.